The summed E-state index contributed by atoms with van der Waals surface area (Å²) < 4.78 is 0. The van der Waals surface area contributed by atoms with Gasteiger partial charge in [0.25, 0.3) is 0 Å². The summed E-state index contributed by atoms with van der Waals surface area (Å²) >= 11 is 0. The Balaban J connectivity index is 1.44. The molecule has 1 aromatic carbocycles. The number of hydrogen-bond acceptors (Lipinski definition) is 5. The van der Waals surface area contributed by atoms with Crippen molar-refractivity contribution >= 4 is 28.6 Å². The number of fused-ring (bicyclic) bond motifs is 1. The van der Waals surface area contributed by atoms with Gasteiger partial charge in [-0.1, -0.05) is 19.1 Å². The van der Waals surface area contributed by atoms with Crippen LogP contribution >= 0.6 is 0 Å². The van der Waals surface area contributed by atoms with E-state index in [-0.39, 0.29) is 0 Å². The Labute approximate surface area is 172 Å². The van der Waals surface area contributed by atoms with E-state index in [9.17, 15) is 4.79 Å². The van der Waals surface area contributed by atoms with E-state index in [1.807, 2.05) is 12.1 Å². The second kappa shape index (κ2) is 7.81. The van der Waals surface area contributed by atoms with Gasteiger partial charge in [0, 0.05) is 45.2 Å². The molecular weight excluding hydrogens is 362 g/mol. The predicted octanol–water partition coefficient (Wildman–Crippen LogP) is 3.31. The predicted molar refractivity (Wildman–Crippen MR) is 116 cm³/mol. The number of nitrogens with zero attached hydrogens (tertiary/aromatic N) is 5. The van der Waals surface area contributed by atoms with E-state index in [1.54, 1.807) is 0 Å². The van der Waals surface area contributed by atoms with Crippen molar-refractivity contribution in [2.75, 3.05) is 49.1 Å². The van der Waals surface area contributed by atoms with Crippen molar-refractivity contribution in [3.8, 4) is 0 Å². The Bertz CT molecular complexity index is 888. The van der Waals surface area contributed by atoms with Crippen LogP contribution in [-0.2, 0) is 4.79 Å². The zero-order chi connectivity index (χ0) is 19.8. The van der Waals surface area contributed by atoms with Gasteiger partial charge in [-0.3, -0.25) is 4.79 Å². The molecule has 0 bridgehead atoms. The van der Waals surface area contributed by atoms with Crippen LogP contribution in [0.4, 0.5) is 11.6 Å². The van der Waals surface area contributed by atoms with Crippen molar-refractivity contribution in [2.45, 2.75) is 39.0 Å². The lowest BCUT2D eigenvalue weighted by molar-refractivity contribution is -0.132. The molecule has 2 aromatic rings. The summed E-state index contributed by atoms with van der Waals surface area (Å²) in [5, 5.41) is 0. The number of amides is 1. The summed E-state index contributed by atoms with van der Waals surface area (Å²) in [4.78, 5) is 29.6. The molecule has 3 heterocycles. The quantitative estimate of drug-likeness (QED) is 0.801. The minimum atomic E-state index is 0.299. The Morgan fingerprint density at radius 1 is 0.828 bits per heavy atom. The van der Waals surface area contributed by atoms with Gasteiger partial charge in [0.05, 0.1) is 11.0 Å². The summed E-state index contributed by atoms with van der Waals surface area (Å²) in [5.74, 6) is 3.47. The first-order chi connectivity index (χ1) is 14.2. The van der Waals surface area contributed by atoms with Crippen LogP contribution in [0.25, 0.3) is 11.0 Å². The number of benzene rings is 1. The lowest BCUT2D eigenvalue weighted by atomic mass is 9.99. The van der Waals surface area contributed by atoms with Crippen molar-refractivity contribution in [2.24, 2.45) is 11.8 Å². The van der Waals surface area contributed by atoms with Crippen LogP contribution in [0.5, 0.6) is 0 Å². The molecule has 3 fully saturated rings. The van der Waals surface area contributed by atoms with Gasteiger partial charge in [-0.15, -0.1) is 0 Å². The maximum absolute atomic E-state index is 12.5. The zero-order valence-corrected chi connectivity index (χ0v) is 17.4. The largest absolute Gasteiger partial charge is 0.354 e. The van der Waals surface area contributed by atoms with Gasteiger partial charge in [-0.05, 0) is 50.2 Å². The molecule has 6 nitrogen and oxygen atoms in total. The summed E-state index contributed by atoms with van der Waals surface area (Å²) in [6, 6.07) is 8.17. The molecule has 0 spiro atoms. The fourth-order valence-electron chi connectivity index (χ4n) is 4.56. The third-order valence-corrected chi connectivity index (χ3v) is 6.65. The Morgan fingerprint density at radius 3 is 2.07 bits per heavy atom. The smallest absolute Gasteiger partial charge is 0.225 e. The van der Waals surface area contributed by atoms with E-state index in [2.05, 4.69) is 33.8 Å². The molecule has 0 unspecified atom stereocenters. The van der Waals surface area contributed by atoms with Crippen LogP contribution in [0.15, 0.2) is 24.3 Å². The highest BCUT2D eigenvalue weighted by atomic mass is 16.2. The first-order valence-corrected chi connectivity index (χ1v) is 11.2. The standard InChI is InChI=1S/C23H31N5O/c1-17-9-13-27(14-10-17)22-21(24-19-5-2-3-6-20(19)25-22)26-11-4-12-28(16-15-26)23(29)18-7-8-18/h2-3,5-6,17-18H,4,7-16H2,1H3. The number of piperidine rings is 1. The molecule has 1 saturated carbocycles. The molecule has 154 valence electrons. The number of carbonyl (C=O) groups is 1. The molecule has 0 radical (unpaired) electrons. The van der Waals surface area contributed by atoms with Crippen LogP contribution in [0, 0.1) is 11.8 Å². The fourth-order valence-corrected chi connectivity index (χ4v) is 4.56. The second-order valence-electron chi connectivity index (χ2n) is 8.97. The first kappa shape index (κ1) is 18.6. The number of para-hydroxylation sites is 2. The molecule has 3 aliphatic rings. The summed E-state index contributed by atoms with van der Waals surface area (Å²) in [6.07, 6.45) is 5.55. The van der Waals surface area contributed by atoms with Gasteiger partial charge in [0.2, 0.25) is 5.91 Å². The normalized spacial score (nSPS) is 21.5. The number of carbonyl (C=O) groups excluding carboxylic acids is 1. The number of anilines is 2. The van der Waals surface area contributed by atoms with Crippen molar-refractivity contribution < 1.29 is 4.79 Å². The van der Waals surface area contributed by atoms with Gasteiger partial charge in [-0.2, -0.15) is 0 Å². The third-order valence-electron chi connectivity index (χ3n) is 6.65. The van der Waals surface area contributed by atoms with Crippen LogP contribution in [0.3, 0.4) is 0 Å². The third kappa shape index (κ3) is 3.89. The zero-order valence-electron chi connectivity index (χ0n) is 17.4. The van der Waals surface area contributed by atoms with E-state index in [0.717, 1.165) is 87.1 Å². The van der Waals surface area contributed by atoms with E-state index in [1.165, 1.54) is 12.8 Å². The Morgan fingerprint density at radius 2 is 1.45 bits per heavy atom. The molecule has 2 saturated heterocycles. The van der Waals surface area contributed by atoms with E-state index < -0.39 is 0 Å². The molecule has 29 heavy (non-hydrogen) atoms. The van der Waals surface area contributed by atoms with Crippen LogP contribution in [0.2, 0.25) is 0 Å². The topological polar surface area (TPSA) is 52.6 Å². The van der Waals surface area contributed by atoms with E-state index in [4.69, 9.17) is 9.97 Å². The van der Waals surface area contributed by atoms with Gasteiger partial charge in [0.15, 0.2) is 11.6 Å². The van der Waals surface area contributed by atoms with Crippen LogP contribution in [-0.4, -0.2) is 60.0 Å². The highest BCUT2D eigenvalue weighted by molar-refractivity contribution is 5.82. The van der Waals surface area contributed by atoms with Gasteiger partial charge in [-0.25, -0.2) is 9.97 Å². The molecule has 0 atom stereocenters. The SMILES string of the molecule is CC1CCN(c2nc3ccccc3nc2N2CCCN(C(=O)C3CC3)CC2)CC1. The molecule has 0 N–H and O–H groups in total. The van der Waals surface area contributed by atoms with Gasteiger partial charge >= 0.3 is 0 Å². The molecule has 1 amide bonds. The molecule has 1 aliphatic carbocycles. The molecular formula is C23H31N5O. The number of hydrogen-bond donors (Lipinski definition) is 0. The van der Waals surface area contributed by atoms with Crippen molar-refractivity contribution in [3.05, 3.63) is 24.3 Å². The number of aromatic nitrogens is 2. The summed E-state index contributed by atoms with van der Waals surface area (Å²) in [5.41, 5.74) is 1.91. The highest BCUT2D eigenvalue weighted by Crippen LogP contribution is 2.33. The molecule has 5 rings (SSSR count). The fraction of sp³-hybridized carbons (Fsp3) is 0.609. The summed E-state index contributed by atoms with van der Waals surface area (Å²) in [6.45, 7) is 7.85. The monoisotopic (exact) mass is 393 g/mol. The lowest BCUT2D eigenvalue weighted by Crippen LogP contribution is -2.38. The average molecular weight is 394 g/mol. The maximum atomic E-state index is 12.5. The van der Waals surface area contributed by atoms with Gasteiger partial charge < -0.3 is 14.7 Å². The molecule has 1 aromatic heterocycles. The van der Waals surface area contributed by atoms with Crippen LogP contribution in [0.1, 0.15) is 39.0 Å². The first-order valence-electron chi connectivity index (χ1n) is 11.2. The highest BCUT2D eigenvalue weighted by Gasteiger charge is 2.34. The van der Waals surface area contributed by atoms with Gasteiger partial charge in [0.1, 0.15) is 0 Å². The van der Waals surface area contributed by atoms with Crippen molar-refractivity contribution in [3.63, 3.8) is 0 Å². The number of rotatable bonds is 3. The summed E-state index contributed by atoms with van der Waals surface area (Å²) in [7, 11) is 0. The van der Waals surface area contributed by atoms with E-state index in [0.29, 0.717) is 11.8 Å². The second-order valence-corrected chi connectivity index (χ2v) is 8.97. The van der Waals surface area contributed by atoms with Crippen molar-refractivity contribution in [1.82, 2.24) is 14.9 Å². The minimum Gasteiger partial charge on any atom is -0.354 e. The average Bonchev–Trinajstić information content (AvgIpc) is 3.60. The lowest BCUT2D eigenvalue weighted by Gasteiger charge is -2.34. The molecule has 6 heteroatoms. The Kier molecular flexibility index (Phi) is 5.02. The van der Waals surface area contributed by atoms with Crippen LogP contribution < -0.4 is 9.80 Å². The maximum Gasteiger partial charge on any atom is 0.225 e. The van der Waals surface area contributed by atoms with E-state index >= 15 is 0 Å². The Hall–Kier alpha value is -2.37. The van der Waals surface area contributed by atoms with Crippen molar-refractivity contribution in [1.29, 1.82) is 0 Å². The molecule has 2 aliphatic heterocycles. The minimum absolute atomic E-state index is 0.299.